The normalized spacial score (nSPS) is 23.1. The fourth-order valence-corrected chi connectivity index (χ4v) is 5.75. The van der Waals surface area contributed by atoms with E-state index >= 15 is 0 Å². The number of likely N-dealkylation sites (tertiary alicyclic amines) is 1. The Bertz CT molecular complexity index is 1140. The fraction of sp³-hybridized carbons (Fsp3) is 0.480. The maximum absolute atomic E-state index is 13.8. The number of piperidine rings is 1. The van der Waals surface area contributed by atoms with E-state index in [4.69, 9.17) is 0 Å². The molecule has 4 rings (SSSR count). The third kappa shape index (κ3) is 5.58. The molecule has 5 nitrogen and oxygen atoms in total. The van der Waals surface area contributed by atoms with E-state index in [0.29, 0.717) is 31.0 Å². The molecule has 0 bridgehead atoms. The van der Waals surface area contributed by atoms with Crippen LogP contribution in [-0.2, 0) is 6.18 Å². The predicted molar refractivity (Wildman–Crippen MR) is 129 cm³/mol. The van der Waals surface area contributed by atoms with Crippen LogP contribution in [0.4, 0.5) is 23.4 Å². The van der Waals surface area contributed by atoms with Gasteiger partial charge in [0.15, 0.2) is 0 Å². The van der Waals surface area contributed by atoms with Gasteiger partial charge in [0.1, 0.15) is 17.3 Å². The Balaban J connectivity index is 1.55. The third-order valence-electron chi connectivity index (χ3n) is 6.63. The highest BCUT2D eigenvalue weighted by Gasteiger charge is 2.36. The van der Waals surface area contributed by atoms with E-state index in [1.54, 1.807) is 6.08 Å². The maximum atomic E-state index is 13.8. The van der Waals surface area contributed by atoms with Crippen molar-refractivity contribution in [3.8, 4) is 0 Å². The van der Waals surface area contributed by atoms with Crippen LogP contribution >= 0.6 is 11.3 Å². The van der Waals surface area contributed by atoms with E-state index in [2.05, 4.69) is 22.2 Å². The molecule has 35 heavy (non-hydrogen) atoms. The zero-order valence-electron chi connectivity index (χ0n) is 19.8. The fourth-order valence-electron chi connectivity index (χ4n) is 4.71. The topological polar surface area (TPSA) is 58.1 Å². The predicted octanol–water partition coefficient (Wildman–Crippen LogP) is 6.49. The number of carbonyl (C=O) groups excluding carboxylic acids is 1. The molecule has 188 valence electrons. The average Bonchev–Trinajstić information content (AvgIpc) is 3.18. The number of nitrogens with zero attached hydrogens (tertiary/aromatic N) is 3. The Labute approximate surface area is 206 Å². The van der Waals surface area contributed by atoms with E-state index in [1.807, 2.05) is 18.7 Å². The summed E-state index contributed by atoms with van der Waals surface area (Å²) in [5.74, 6) is 0.0929. The van der Waals surface area contributed by atoms with E-state index in [0.717, 1.165) is 40.6 Å². The number of rotatable bonds is 5. The highest BCUT2D eigenvalue weighted by Crippen LogP contribution is 2.38. The first-order valence-electron chi connectivity index (χ1n) is 11.7. The number of anilines is 1. The van der Waals surface area contributed by atoms with Gasteiger partial charge in [-0.3, -0.25) is 4.79 Å². The summed E-state index contributed by atoms with van der Waals surface area (Å²) in [7, 11) is 0. The first kappa shape index (κ1) is 25.3. The van der Waals surface area contributed by atoms with Crippen LogP contribution in [0.25, 0.3) is 5.57 Å². The number of pyridine rings is 1. The molecule has 1 aliphatic carbocycles. The van der Waals surface area contributed by atoms with Gasteiger partial charge in [-0.2, -0.15) is 13.2 Å². The lowest BCUT2D eigenvalue weighted by atomic mass is 9.89. The lowest BCUT2D eigenvalue weighted by Crippen LogP contribution is -2.51. The maximum Gasteiger partial charge on any atom is 0.417 e. The number of hydrogen-bond donors (Lipinski definition) is 1. The molecule has 1 N–H and O–H groups in total. The molecule has 10 heteroatoms. The average molecular weight is 509 g/mol. The van der Waals surface area contributed by atoms with Crippen molar-refractivity contribution in [3.63, 3.8) is 0 Å². The second-order valence-electron chi connectivity index (χ2n) is 9.25. The van der Waals surface area contributed by atoms with E-state index in [9.17, 15) is 22.4 Å². The smallest absolute Gasteiger partial charge is 0.368 e. The number of amides is 1. The summed E-state index contributed by atoms with van der Waals surface area (Å²) < 4.78 is 52.2. The molecule has 1 amide bonds. The number of carbonyl (C=O) groups is 1. The first-order valence-corrected chi connectivity index (χ1v) is 12.5. The molecule has 0 aromatic carbocycles. The monoisotopic (exact) mass is 508 g/mol. The summed E-state index contributed by atoms with van der Waals surface area (Å²) in [5.41, 5.74) is 0.486. The Kier molecular flexibility index (Phi) is 7.30. The molecule has 3 atom stereocenters. The van der Waals surface area contributed by atoms with Crippen LogP contribution in [0.5, 0.6) is 0 Å². The lowest BCUT2D eigenvalue weighted by Gasteiger charge is -2.40. The quantitative estimate of drug-likeness (QED) is 0.469. The highest BCUT2D eigenvalue weighted by molar-refractivity contribution is 7.13. The van der Waals surface area contributed by atoms with Crippen molar-refractivity contribution in [1.29, 1.82) is 0 Å². The van der Waals surface area contributed by atoms with Crippen LogP contribution in [0.2, 0.25) is 0 Å². The number of hydrogen-bond acceptors (Lipinski definition) is 5. The van der Waals surface area contributed by atoms with Gasteiger partial charge in [-0.15, -0.1) is 11.3 Å². The van der Waals surface area contributed by atoms with Crippen LogP contribution in [0.3, 0.4) is 0 Å². The number of aryl methyl sites for hydroxylation is 1. The number of halogens is 4. The standard InChI is InChI=1S/C25H28F4N4OS/c1-14-5-4-10-33(20(14)13-31-21-9-6-17(12-30-21)25(27,28)29)24(34)22-23(35-16(3)32-22)19-8-7-18(26)11-15(19)2/h6-9,12,14-15,20H,4-5,10-11,13H2,1-3H3,(H,30,31). The van der Waals surface area contributed by atoms with Crippen LogP contribution in [0.1, 0.15) is 59.0 Å². The van der Waals surface area contributed by atoms with E-state index in [-0.39, 0.29) is 29.6 Å². The van der Waals surface area contributed by atoms with Crippen LogP contribution in [0.15, 0.2) is 36.3 Å². The summed E-state index contributed by atoms with van der Waals surface area (Å²) >= 11 is 1.44. The molecule has 1 fully saturated rings. The molecule has 3 unspecified atom stereocenters. The zero-order chi connectivity index (χ0) is 25.3. The summed E-state index contributed by atoms with van der Waals surface area (Å²) in [6, 6.07) is 2.11. The van der Waals surface area contributed by atoms with Crippen molar-refractivity contribution >= 4 is 28.6 Å². The zero-order valence-corrected chi connectivity index (χ0v) is 20.6. The Hall–Kier alpha value is -2.75. The summed E-state index contributed by atoms with van der Waals surface area (Å²) in [6.07, 6.45) is 1.63. The molecular formula is C25H28F4N4OS. The van der Waals surface area contributed by atoms with Gasteiger partial charge in [0.25, 0.3) is 5.91 Å². The third-order valence-corrected chi connectivity index (χ3v) is 7.65. The first-order chi connectivity index (χ1) is 16.5. The Morgan fingerprint density at radius 2 is 2.03 bits per heavy atom. The minimum absolute atomic E-state index is 0.0603. The van der Waals surface area contributed by atoms with E-state index in [1.165, 1.54) is 23.5 Å². The molecule has 0 spiro atoms. The number of thiazole rings is 1. The summed E-state index contributed by atoms with van der Waals surface area (Å²) in [6.45, 7) is 6.78. The second kappa shape index (κ2) is 10.1. The Morgan fingerprint density at radius 1 is 1.26 bits per heavy atom. The van der Waals surface area contributed by atoms with Crippen molar-refractivity contribution in [1.82, 2.24) is 14.9 Å². The molecule has 1 saturated heterocycles. The molecule has 1 aliphatic heterocycles. The molecule has 2 aliphatic rings. The molecule has 2 aromatic rings. The summed E-state index contributed by atoms with van der Waals surface area (Å²) in [5, 5.41) is 3.87. The van der Waals surface area contributed by atoms with Crippen molar-refractivity contribution < 1.29 is 22.4 Å². The largest absolute Gasteiger partial charge is 0.417 e. The minimum Gasteiger partial charge on any atom is -0.368 e. The molecule has 3 heterocycles. The number of alkyl halides is 3. The molecule has 0 radical (unpaired) electrons. The molecular weight excluding hydrogens is 480 g/mol. The lowest BCUT2D eigenvalue weighted by molar-refractivity contribution is -0.137. The second-order valence-corrected chi connectivity index (χ2v) is 10.5. The van der Waals surface area contributed by atoms with Gasteiger partial charge >= 0.3 is 6.18 Å². The van der Waals surface area contributed by atoms with Gasteiger partial charge in [-0.05, 0) is 55.4 Å². The SMILES string of the molecule is Cc1nc(C(=O)N2CCCC(C)C2CNc2ccc(C(F)(F)F)cn2)c(C2=CC=C(F)CC2C)s1. The molecule has 2 aromatic heterocycles. The summed E-state index contributed by atoms with van der Waals surface area (Å²) in [4.78, 5) is 24.8. The van der Waals surface area contributed by atoms with Gasteiger partial charge in [0.05, 0.1) is 21.5 Å². The number of allylic oxidation sites excluding steroid dienone is 4. The minimum atomic E-state index is -4.44. The van der Waals surface area contributed by atoms with Gasteiger partial charge in [-0.1, -0.05) is 19.9 Å². The van der Waals surface area contributed by atoms with Gasteiger partial charge in [-0.25, -0.2) is 14.4 Å². The number of aromatic nitrogens is 2. The Morgan fingerprint density at radius 3 is 2.69 bits per heavy atom. The highest BCUT2D eigenvalue weighted by atomic mass is 32.1. The van der Waals surface area contributed by atoms with Crippen LogP contribution in [-0.4, -0.2) is 39.9 Å². The van der Waals surface area contributed by atoms with Crippen molar-refractivity contribution in [2.45, 2.75) is 52.3 Å². The van der Waals surface area contributed by atoms with Crippen molar-refractivity contribution in [2.24, 2.45) is 11.8 Å². The van der Waals surface area contributed by atoms with E-state index < -0.39 is 11.7 Å². The van der Waals surface area contributed by atoms with Crippen molar-refractivity contribution in [2.75, 3.05) is 18.4 Å². The van der Waals surface area contributed by atoms with Gasteiger partial charge < -0.3 is 10.2 Å². The van der Waals surface area contributed by atoms with Gasteiger partial charge in [0.2, 0.25) is 0 Å². The van der Waals surface area contributed by atoms with Crippen molar-refractivity contribution in [3.05, 3.63) is 57.5 Å². The molecule has 0 saturated carbocycles. The van der Waals surface area contributed by atoms with Crippen LogP contribution in [0, 0.1) is 18.8 Å². The van der Waals surface area contributed by atoms with Gasteiger partial charge in [0, 0.05) is 25.7 Å². The van der Waals surface area contributed by atoms with Crippen LogP contribution < -0.4 is 5.32 Å². The number of nitrogens with one attached hydrogen (secondary N) is 1.